The van der Waals surface area contributed by atoms with E-state index in [0.29, 0.717) is 35.5 Å². The Morgan fingerprint density at radius 2 is 1.24 bits per heavy atom. The van der Waals surface area contributed by atoms with Crippen molar-refractivity contribution in [2.45, 2.75) is 41.5 Å². The molecule has 1 saturated heterocycles. The molecule has 1 fully saturated rings. The van der Waals surface area contributed by atoms with Gasteiger partial charge in [-0.1, -0.05) is 170 Å². The summed E-state index contributed by atoms with van der Waals surface area (Å²) >= 11 is 0. The van der Waals surface area contributed by atoms with Crippen molar-refractivity contribution in [1.29, 1.82) is 0 Å². The van der Waals surface area contributed by atoms with Crippen LogP contribution in [0.5, 0.6) is 0 Å². The van der Waals surface area contributed by atoms with Gasteiger partial charge in [-0.15, -0.1) is 0 Å². The van der Waals surface area contributed by atoms with Crippen molar-refractivity contribution in [3.63, 3.8) is 0 Å². The van der Waals surface area contributed by atoms with Crippen LogP contribution in [0, 0.1) is 29.6 Å². The van der Waals surface area contributed by atoms with Crippen molar-refractivity contribution < 1.29 is 0 Å². The second-order valence-corrected chi connectivity index (χ2v) is 18.8. The summed E-state index contributed by atoms with van der Waals surface area (Å²) < 4.78 is 0. The normalized spacial score (nSPS) is 35.2. The first-order chi connectivity index (χ1) is 29.3. The van der Waals surface area contributed by atoms with Gasteiger partial charge in [-0.3, -0.25) is 0 Å². The average Bonchev–Trinajstić information content (AvgIpc) is 3.76. The fourth-order valence-electron chi connectivity index (χ4n) is 15.6. The van der Waals surface area contributed by atoms with Gasteiger partial charge in [0.2, 0.25) is 0 Å². The molecule has 4 aromatic carbocycles. The summed E-state index contributed by atoms with van der Waals surface area (Å²) in [5, 5.41) is 0. The van der Waals surface area contributed by atoms with Crippen molar-refractivity contribution in [2.24, 2.45) is 29.6 Å². The summed E-state index contributed by atoms with van der Waals surface area (Å²) in [7, 11) is 0. The second-order valence-electron chi connectivity index (χ2n) is 18.8. The van der Waals surface area contributed by atoms with Gasteiger partial charge < -0.3 is 9.80 Å². The van der Waals surface area contributed by atoms with E-state index in [1.807, 2.05) is 0 Å². The minimum absolute atomic E-state index is 0.0488. The highest BCUT2D eigenvalue weighted by Gasteiger charge is 2.67. The van der Waals surface area contributed by atoms with Crippen LogP contribution in [0.1, 0.15) is 52.5 Å². The fourth-order valence-corrected chi connectivity index (χ4v) is 15.6. The van der Waals surface area contributed by atoms with Crippen LogP contribution in [0.2, 0.25) is 0 Å². The lowest BCUT2D eigenvalue weighted by atomic mass is 9.30. The molecule has 15 rings (SSSR count). The highest BCUT2D eigenvalue weighted by molar-refractivity contribution is 6.95. The quantitative estimate of drug-likeness (QED) is 0.165. The number of benzene rings is 4. The van der Waals surface area contributed by atoms with Gasteiger partial charge in [-0.2, -0.15) is 0 Å². The molecule has 4 aliphatic heterocycles. The minimum Gasteiger partial charge on any atom is -0.334 e. The first-order valence-electron chi connectivity index (χ1n) is 22.2. The third-order valence-electron chi connectivity index (χ3n) is 17.1. The zero-order valence-corrected chi connectivity index (χ0v) is 32.9. The van der Waals surface area contributed by atoms with Gasteiger partial charge in [0.15, 0.2) is 0 Å². The summed E-state index contributed by atoms with van der Waals surface area (Å²) in [5.74, 6) is 2.50. The molecule has 2 spiro atoms. The monoisotopic (exact) mass is 754 g/mol. The molecule has 0 amide bonds. The van der Waals surface area contributed by atoms with Crippen molar-refractivity contribution in [1.82, 2.24) is 0 Å². The standard InChI is InChI=1S/C56H43BN2/c1-5-20-38-34(16-1)35-17-2-6-21-39(35)55(38)42-24-9-11-30-48(42)58-50-32-15-33-51-52(50)57(46-28-13-26-44(55)53(46)58)47-29-14-27-45-54(47)59(51)49-31-12-10-25-43(49)56(45)40-22-7-3-18-36(40)37-19-4-8-23-41(37)56/h1-24,26,28-34,36,38,40,42-43,45,48H,25,27H2. The van der Waals surface area contributed by atoms with Crippen LogP contribution < -0.4 is 20.7 Å². The molecule has 0 bridgehead atoms. The topological polar surface area (TPSA) is 6.48 Å². The predicted octanol–water partition coefficient (Wildman–Crippen LogP) is 10.4. The van der Waals surface area contributed by atoms with Gasteiger partial charge in [-0.05, 0) is 81.2 Å². The maximum Gasteiger partial charge on any atom is 0.251 e. The molecule has 10 atom stereocenters. The number of fused-ring (bicyclic) bond motifs is 22. The van der Waals surface area contributed by atoms with E-state index in [-0.39, 0.29) is 29.5 Å². The third kappa shape index (κ3) is 3.44. The predicted molar refractivity (Wildman–Crippen MR) is 242 cm³/mol. The van der Waals surface area contributed by atoms with Crippen molar-refractivity contribution >= 4 is 34.7 Å². The summed E-state index contributed by atoms with van der Waals surface area (Å²) in [5.41, 5.74) is 19.2. The summed E-state index contributed by atoms with van der Waals surface area (Å²) in [6.07, 6.45) is 43.8. The zero-order chi connectivity index (χ0) is 38.2. The first kappa shape index (κ1) is 31.9. The Kier molecular flexibility index (Phi) is 5.92. The molecule has 0 N–H and O–H groups in total. The van der Waals surface area contributed by atoms with Crippen molar-refractivity contribution in [3.8, 4) is 0 Å². The number of para-hydroxylation sites is 1. The number of rotatable bonds is 0. The molecule has 7 aliphatic carbocycles. The van der Waals surface area contributed by atoms with Crippen molar-refractivity contribution in [3.05, 3.63) is 233 Å². The first-order valence-corrected chi connectivity index (χ1v) is 22.2. The van der Waals surface area contributed by atoms with Crippen LogP contribution in [0.4, 0.5) is 17.1 Å². The number of allylic oxidation sites excluding steroid dienone is 18. The lowest BCUT2D eigenvalue weighted by molar-refractivity contribution is 0.142. The minimum atomic E-state index is -0.195. The Hall–Kier alpha value is -6.06. The fraction of sp³-hybridized carbons (Fsp3) is 0.214. The van der Waals surface area contributed by atoms with Gasteiger partial charge >= 0.3 is 0 Å². The van der Waals surface area contributed by atoms with Gasteiger partial charge in [0.05, 0.1) is 6.04 Å². The Bertz CT molecular complexity index is 2950. The van der Waals surface area contributed by atoms with E-state index >= 15 is 0 Å². The maximum absolute atomic E-state index is 2.81. The Balaban J connectivity index is 1.04. The summed E-state index contributed by atoms with van der Waals surface area (Å²) in [4.78, 5) is 5.61. The van der Waals surface area contributed by atoms with Crippen LogP contribution in [0.15, 0.2) is 205 Å². The van der Waals surface area contributed by atoms with E-state index in [0.717, 1.165) is 12.8 Å². The lowest BCUT2D eigenvalue weighted by Gasteiger charge is -2.62. The SMILES string of the molecule is C1=CCC2C(=C1)N1C3=C(C=CCC3C23c2ccccc2C2C=CC=CC23)B2c3cccc4c3N(c3cccc1c32)C1C=CC=CC1C41c2ccccc2C2C=CC=CC21. The summed E-state index contributed by atoms with van der Waals surface area (Å²) in [6.45, 7) is 0.145. The Morgan fingerprint density at radius 1 is 0.559 bits per heavy atom. The third-order valence-corrected chi connectivity index (χ3v) is 17.1. The van der Waals surface area contributed by atoms with E-state index < -0.39 is 0 Å². The number of nitrogens with zero attached hydrogens (tertiary/aromatic N) is 2. The second kappa shape index (κ2) is 11.0. The van der Waals surface area contributed by atoms with Gasteiger partial charge in [0, 0.05) is 74.8 Å². The lowest BCUT2D eigenvalue weighted by Crippen LogP contribution is -2.66. The van der Waals surface area contributed by atoms with Crippen LogP contribution >= 0.6 is 0 Å². The zero-order valence-electron chi connectivity index (χ0n) is 32.9. The molecule has 2 nitrogen and oxygen atoms in total. The molecule has 59 heavy (non-hydrogen) atoms. The number of hydrogen-bond acceptors (Lipinski definition) is 2. The van der Waals surface area contributed by atoms with E-state index in [2.05, 4.69) is 198 Å². The molecule has 3 heteroatoms. The largest absolute Gasteiger partial charge is 0.334 e. The molecule has 4 heterocycles. The van der Waals surface area contributed by atoms with Crippen LogP contribution in [-0.2, 0) is 10.8 Å². The van der Waals surface area contributed by atoms with Crippen molar-refractivity contribution in [2.75, 3.05) is 9.80 Å². The molecule has 280 valence electrons. The van der Waals surface area contributed by atoms with E-state index in [1.54, 1.807) is 11.3 Å². The van der Waals surface area contributed by atoms with Gasteiger partial charge in [0.1, 0.15) is 0 Å². The number of anilines is 3. The summed E-state index contributed by atoms with van der Waals surface area (Å²) in [6, 6.07) is 34.0. The van der Waals surface area contributed by atoms with E-state index in [9.17, 15) is 0 Å². The highest BCUT2D eigenvalue weighted by Crippen LogP contribution is 2.70. The van der Waals surface area contributed by atoms with E-state index in [4.69, 9.17) is 0 Å². The molecule has 0 aromatic heterocycles. The maximum atomic E-state index is 2.81. The highest BCUT2D eigenvalue weighted by atomic mass is 15.2. The van der Waals surface area contributed by atoms with Crippen LogP contribution in [-0.4, -0.2) is 12.8 Å². The van der Waals surface area contributed by atoms with Gasteiger partial charge in [0.25, 0.3) is 6.71 Å². The number of piperidine rings is 1. The van der Waals surface area contributed by atoms with Gasteiger partial charge in [-0.25, -0.2) is 0 Å². The number of hydrogen-bond donors (Lipinski definition) is 0. The molecule has 11 aliphatic rings. The smallest absolute Gasteiger partial charge is 0.251 e. The van der Waals surface area contributed by atoms with E-state index in [1.165, 1.54) is 61.4 Å². The Labute approximate surface area is 347 Å². The molecule has 10 unspecified atom stereocenters. The molecule has 4 aromatic rings. The molecule has 0 saturated carbocycles. The molecular weight excluding hydrogens is 711 g/mol. The Morgan fingerprint density at radius 3 is 2.12 bits per heavy atom. The average molecular weight is 755 g/mol. The van der Waals surface area contributed by atoms with Crippen LogP contribution in [0.3, 0.4) is 0 Å². The molecule has 0 radical (unpaired) electrons. The molecular formula is C56H43BN2. The van der Waals surface area contributed by atoms with Crippen LogP contribution in [0.25, 0.3) is 0 Å².